The van der Waals surface area contributed by atoms with Gasteiger partial charge in [0.05, 0.1) is 18.3 Å². The predicted molar refractivity (Wildman–Crippen MR) is 99.8 cm³/mol. The number of rotatable bonds is 2. The average Bonchev–Trinajstić information content (AvgIpc) is 3.27. The number of carbonyl (C=O) groups is 2. The van der Waals surface area contributed by atoms with Crippen LogP contribution in [-0.2, 0) is 28.1 Å². The summed E-state index contributed by atoms with van der Waals surface area (Å²) in [4.78, 5) is 33.2. The van der Waals surface area contributed by atoms with Gasteiger partial charge in [0.25, 0.3) is 0 Å². The normalized spacial score (nSPS) is 21.5. The van der Waals surface area contributed by atoms with Gasteiger partial charge in [0.15, 0.2) is 0 Å². The molecule has 5 rings (SSSR count). The quantitative estimate of drug-likeness (QED) is 0.761. The summed E-state index contributed by atoms with van der Waals surface area (Å²) in [7, 11) is 0. The minimum atomic E-state index is -0.569. The molecular weight excluding hydrogens is 342 g/mol. The fourth-order valence-corrected chi connectivity index (χ4v) is 4.66. The van der Waals surface area contributed by atoms with Gasteiger partial charge in [0.1, 0.15) is 18.3 Å². The molecule has 2 aliphatic rings. The first kappa shape index (κ1) is 16.2. The van der Waals surface area contributed by atoms with Crippen LogP contribution in [0.1, 0.15) is 30.9 Å². The summed E-state index contributed by atoms with van der Waals surface area (Å²) < 4.78 is 5.37. The Balaban J connectivity index is 1.58. The van der Waals surface area contributed by atoms with E-state index in [0.29, 0.717) is 18.7 Å². The number of para-hydroxylation sites is 1. The standard InChI is InChI=1S/C21H21N3O3/c1-21(2)19-15(14-7-3-4-8-16(14)22-19)10-17-20(26)23(12-18(25)24(17)21)11-13-6-5-9-27-13/h3-9,17,22H,10-12H2,1-2H3/t17-/m0/s1. The Morgan fingerprint density at radius 2 is 2.00 bits per heavy atom. The maximum atomic E-state index is 13.3. The summed E-state index contributed by atoms with van der Waals surface area (Å²) in [6, 6.07) is 11.2. The number of amides is 2. The molecule has 1 fully saturated rings. The molecule has 6 heteroatoms. The SMILES string of the molecule is CC1(C)c2[nH]c3ccccc3c2C[C@H]2C(=O)N(Cc3ccco3)CC(=O)N21. The number of hydrogen-bond acceptors (Lipinski definition) is 3. The van der Waals surface area contributed by atoms with E-state index in [0.717, 1.165) is 22.2 Å². The minimum absolute atomic E-state index is 0.0185. The number of benzene rings is 1. The van der Waals surface area contributed by atoms with Gasteiger partial charge in [-0.25, -0.2) is 0 Å². The van der Waals surface area contributed by atoms with Crippen LogP contribution in [0, 0.1) is 0 Å². The Bertz CT molecular complexity index is 1050. The average molecular weight is 363 g/mol. The molecule has 6 nitrogen and oxygen atoms in total. The molecule has 2 amide bonds. The monoisotopic (exact) mass is 363 g/mol. The molecule has 2 aromatic heterocycles. The fourth-order valence-electron chi connectivity index (χ4n) is 4.66. The first-order valence-electron chi connectivity index (χ1n) is 9.20. The Morgan fingerprint density at radius 1 is 1.19 bits per heavy atom. The van der Waals surface area contributed by atoms with Crippen molar-refractivity contribution < 1.29 is 14.0 Å². The second-order valence-corrected chi connectivity index (χ2v) is 7.84. The van der Waals surface area contributed by atoms with Gasteiger partial charge < -0.3 is 19.2 Å². The van der Waals surface area contributed by atoms with Crippen molar-refractivity contribution in [2.45, 2.75) is 38.4 Å². The molecule has 2 aliphatic heterocycles. The summed E-state index contributed by atoms with van der Waals surface area (Å²) in [6.45, 7) is 4.43. The first-order valence-corrected chi connectivity index (χ1v) is 9.20. The summed E-state index contributed by atoms with van der Waals surface area (Å²) in [6.07, 6.45) is 2.11. The first-order chi connectivity index (χ1) is 13.0. The number of nitrogens with one attached hydrogen (secondary N) is 1. The van der Waals surface area contributed by atoms with Gasteiger partial charge in [0, 0.05) is 23.0 Å². The highest BCUT2D eigenvalue weighted by molar-refractivity contribution is 5.97. The lowest BCUT2D eigenvalue weighted by Gasteiger charge is -2.51. The molecule has 0 radical (unpaired) electrons. The zero-order valence-corrected chi connectivity index (χ0v) is 15.4. The van der Waals surface area contributed by atoms with Crippen LogP contribution in [0.2, 0.25) is 0 Å². The molecule has 0 bridgehead atoms. The Morgan fingerprint density at radius 3 is 2.78 bits per heavy atom. The zero-order valence-electron chi connectivity index (χ0n) is 15.4. The van der Waals surface area contributed by atoms with E-state index in [1.54, 1.807) is 22.1 Å². The number of aromatic nitrogens is 1. The highest BCUT2D eigenvalue weighted by Gasteiger charge is 2.51. The van der Waals surface area contributed by atoms with Crippen LogP contribution in [0.3, 0.4) is 0 Å². The number of fused-ring (bicyclic) bond motifs is 4. The van der Waals surface area contributed by atoms with Crippen molar-refractivity contribution in [1.29, 1.82) is 0 Å². The van der Waals surface area contributed by atoms with Gasteiger partial charge in [-0.1, -0.05) is 18.2 Å². The van der Waals surface area contributed by atoms with Crippen LogP contribution in [0.4, 0.5) is 0 Å². The molecule has 0 aliphatic carbocycles. The lowest BCUT2D eigenvalue weighted by molar-refractivity contribution is -0.164. The van der Waals surface area contributed by atoms with Crippen LogP contribution < -0.4 is 0 Å². The largest absolute Gasteiger partial charge is 0.467 e. The molecule has 3 aromatic rings. The molecule has 0 saturated carbocycles. The number of H-pyrrole nitrogens is 1. The third-order valence-corrected chi connectivity index (χ3v) is 5.86. The van der Waals surface area contributed by atoms with Crippen LogP contribution in [-0.4, -0.2) is 39.2 Å². The molecule has 1 saturated heterocycles. The van der Waals surface area contributed by atoms with Gasteiger partial charge >= 0.3 is 0 Å². The van der Waals surface area contributed by atoms with E-state index in [1.165, 1.54) is 0 Å². The lowest BCUT2D eigenvalue weighted by Crippen LogP contribution is -2.66. The van der Waals surface area contributed by atoms with Gasteiger partial charge in [-0.3, -0.25) is 9.59 Å². The zero-order chi connectivity index (χ0) is 18.8. The van der Waals surface area contributed by atoms with Gasteiger partial charge in [-0.2, -0.15) is 0 Å². The third-order valence-electron chi connectivity index (χ3n) is 5.86. The van der Waals surface area contributed by atoms with Crippen molar-refractivity contribution in [3.8, 4) is 0 Å². The molecule has 0 spiro atoms. The number of furan rings is 1. The maximum Gasteiger partial charge on any atom is 0.246 e. The second-order valence-electron chi connectivity index (χ2n) is 7.84. The smallest absolute Gasteiger partial charge is 0.246 e. The fraction of sp³-hybridized carbons (Fsp3) is 0.333. The number of piperazine rings is 1. The lowest BCUT2D eigenvalue weighted by atomic mass is 9.82. The Hall–Kier alpha value is -3.02. The molecular formula is C21H21N3O3. The highest BCUT2D eigenvalue weighted by Crippen LogP contribution is 2.42. The summed E-state index contributed by atoms with van der Waals surface area (Å²) in [5, 5.41) is 1.13. The number of nitrogens with zero attached hydrogens (tertiary/aromatic N) is 2. The number of aromatic amines is 1. The van der Waals surface area contributed by atoms with Crippen molar-refractivity contribution in [3.05, 3.63) is 59.7 Å². The predicted octanol–water partition coefficient (Wildman–Crippen LogP) is 2.79. The molecule has 27 heavy (non-hydrogen) atoms. The second kappa shape index (κ2) is 5.49. The molecule has 1 N–H and O–H groups in total. The van der Waals surface area contributed by atoms with E-state index in [-0.39, 0.29) is 18.4 Å². The number of carbonyl (C=O) groups excluding carboxylic acids is 2. The molecule has 138 valence electrons. The van der Waals surface area contributed by atoms with E-state index in [2.05, 4.69) is 11.1 Å². The molecule has 4 heterocycles. The van der Waals surface area contributed by atoms with E-state index in [9.17, 15) is 9.59 Å². The van der Waals surface area contributed by atoms with E-state index >= 15 is 0 Å². The van der Waals surface area contributed by atoms with Crippen LogP contribution in [0.5, 0.6) is 0 Å². The third kappa shape index (κ3) is 2.25. The topological polar surface area (TPSA) is 69.5 Å². The van der Waals surface area contributed by atoms with Gasteiger partial charge in [0.2, 0.25) is 11.8 Å². The maximum absolute atomic E-state index is 13.3. The van der Waals surface area contributed by atoms with Crippen molar-refractivity contribution >= 4 is 22.7 Å². The van der Waals surface area contributed by atoms with Crippen molar-refractivity contribution in [2.75, 3.05) is 6.54 Å². The summed E-state index contributed by atoms with van der Waals surface area (Å²) in [5.74, 6) is 0.642. The van der Waals surface area contributed by atoms with E-state index < -0.39 is 11.6 Å². The summed E-state index contributed by atoms with van der Waals surface area (Å²) in [5.41, 5.74) is 2.64. The highest BCUT2D eigenvalue weighted by atomic mass is 16.3. The van der Waals surface area contributed by atoms with Crippen LogP contribution in [0.25, 0.3) is 10.9 Å². The number of hydrogen-bond donors (Lipinski definition) is 1. The minimum Gasteiger partial charge on any atom is -0.467 e. The summed E-state index contributed by atoms with van der Waals surface area (Å²) >= 11 is 0. The van der Waals surface area contributed by atoms with Crippen molar-refractivity contribution in [2.24, 2.45) is 0 Å². The Kier molecular flexibility index (Phi) is 3.29. The van der Waals surface area contributed by atoms with Gasteiger partial charge in [-0.15, -0.1) is 0 Å². The van der Waals surface area contributed by atoms with E-state index in [4.69, 9.17) is 4.42 Å². The molecule has 0 unspecified atom stereocenters. The van der Waals surface area contributed by atoms with Gasteiger partial charge in [-0.05, 0) is 37.6 Å². The molecule has 1 aromatic carbocycles. The van der Waals surface area contributed by atoms with E-state index in [1.807, 2.05) is 38.1 Å². The van der Waals surface area contributed by atoms with Crippen molar-refractivity contribution in [1.82, 2.24) is 14.8 Å². The molecule has 1 atom stereocenters. The van der Waals surface area contributed by atoms with Crippen LogP contribution in [0.15, 0.2) is 47.1 Å². The van der Waals surface area contributed by atoms with Crippen LogP contribution >= 0.6 is 0 Å². The van der Waals surface area contributed by atoms with Crippen molar-refractivity contribution in [3.63, 3.8) is 0 Å². The Labute approximate surface area is 156 Å².